The van der Waals surface area contributed by atoms with E-state index in [0.717, 1.165) is 5.56 Å². The first-order valence-corrected chi connectivity index (χ1v) is 6.56. The van der Waals surface area contributed by atoms with Crippen molar-refractivity contribution in [2.45, 2.75) is 26.6 Å². The number of nitrogens with zero attached hydrogens (tertiary/aromatic N) is 1. The van der Waals surface area contributed by atoms with Crippen molar-refractivity contribution in [1.82, 2.24) is 4.98 Å². The summed E-state index contributed by atoms with van der Waals surface area (Å²) in [6, 6.07) is 6.46. The molecule has 1 N–H and O–H groups in total. The van der Waals surface area contributed by atoms with Crippen molar-refractivity contribution < 1.29 is 22.3 Å². The molecule has 118 valence electrons. The molecule has 0 aliphatic heterocycles. The fourth-order valence-electron chi connectivity index (χ4n) is 1.74. The molecule has 22 heavy (non-hydrogen) atoms. The van der Waals surface area contributed by atoms with Crippen LogP contribution in [0.1, 0.15) is 19.4 Å². The van der Waals surface area contributed by atoms with E-state index in [1.165, 1.54) is 6.07 Å². The maximum absolute atomic E-state index is 13.6. The standard InChI is InChI=1S/C15H14F4N2O/c1-8(2)22-7-9-4-3-5-10(6-9)20-13-11(16)14(18)21-15(19)12(13)17/h3-6,8H,7H2,1-2H3,(H,20,21). The normalized spacial score (nSPS) is 11.0. The second-order valence-electron chi connectivity index (χ2n) is 4.88. The maximum Gasteiger partial charge on any atom is 0.253 e. The van der Waals surface area contributed by atoms with E-state index in [0.29, 0.717) is 6.61 Å². The van der Waals surface area contributed by atoms with Crippen LogP contribution >= 0.6 is 0 Å². The van der Waals surface area contributed by atoms with Gasteiger partial charge in [-0.05, 0) is 31.5 Å². The number of benzene rings is 1. The smallest absolute Gasteiger partial charge is 0.253 e. The molecule has 0 amide bonds. The molecule has 0 unspecified atom stereocenters. The highest BCUT2D eigenvalue weighted by molar-refractivity contribution is 5.61. The summed E-state index contributed by atoms with van der Waals surface area (Å²) < 4.78 is 58.6. The zero-order valence-electron chi connectivity index (χ0n) is 12.0. The molecule has 0 aliphatic rings. The van der Waals surface area contributed by atoms with Crippen molar-refractivity contribution >= 4 is 11.4 Å². The van der Waals surface area contributed by atoms with Gasteiger partial charge in [-0.3, -0.25) is 0 Å². The van der Waals surface area contributed by atoms with Gasteiger partial charge in [0.05, 0.1) is 12.7 Å². The predicted octanol–water partition coefficient (Wildman–Crippen LogP) is 4.31. The largest absolute Gasteiger partial charge is 0.374 e. The summed E-state index contributed by atoms with van der Waals surface area (Å²) in [5.74, 6) is -6.58. The number of rotatable bonds is 5. The zero-order chi connectivity index (χ0) is 16.3. The van der Waals surface area contributed by atoms with Crippen LogP contribution in [0.15, 0.2) is 24.3 Å². The van der Waals surface area contributed by atoms with Crippen molar-refractivity contribution in [1.29, 1.82) is 0 Å². The summed E-state index contributed by atoms with van der Waals surface area (Å²) in [7, 11) is 0. The molecule has 1 heterocycles. The lowest BCUT2D eigenvalue weighted by molar-refractivity contribution is 0.0657. The first-order chi connectivity index (χ1) is 10.4. The molecule has 0 aliphatic carbocycles. The van der Waals surface area contributed by atoms with Crippen LogP contribution in [0.5, 0.6) is 0 Å². The Labute approximate surface area is 124 Å². The molecule has 0 saturated carbocycles. The molecule has 0 atom stereocenters. The third kappa shape index (κ3) is 3.73. The SMILES string of the molecule is CC(C)OCc1cccc(Nc2c(F)c(F)nc(F)c2F)c1. The summed E-state index contributed by atoms with van der Waals surface area (Å²) in [5, 5.41) is 2.32. The van der Waals surface area contributed by atoms with Crippen LogP contribution in [0.25, 0.3) is 0 Å². The Morgan fingerprint density at radius 1 is 1.09 bits per heavy atom. The van der Waals surface area contributed by atoms with Crippen LogP contribution in [0, 0.1) is 23.5 Å². The van der Waals surface area contributed by atoms with Crippen molar-refractivity contribution in [3.8, 4) is 0 Å². The second-order valence-corrected chi connectivity index (χ2v) is 4.88. The van der Waals surface area contributed by atoms with Gasteiger partial charge < -0.3 is 10.1 Å². The van der Waals surface area contributed by atoms with Gasteiger partial charge in [0.2, 0.25) is 11.6 Å². The predicted molar refractivity (Wildman–Crippen MR) is 73.7 cm³/mol. The van der Waals surface area contributed by atoms with E-state index in [1.54, 1.807) is 18.2 Å². The Morgan fingerprint density at radius 3 is 2.32 bits per heavy atom. The first kappa shape index (κ1) is 16.2. The number of aromatic nitrogens is 1. The highest BCUT2D eigenvalue weighted by Gasteiger charge is 2.20. The van der Waals surface area contributed by atoms with E-state index in [9.17, 15) is 17.6 Å². The van der Waals surface area contributed by atoms with Gasteiger partial charge in [0.1, 0.15) is 5.69 Å². The van der Waals surface area contributed by atoms with E-state index >= 15 is 0 Å². The number of halogens is 4. The Bertz CT molecular complexity index is 651. The van der Waals surface area contributed by atoms with E-state index in [2.05, 4.69) is 10.3 Å². The number of ether oxygens (including phenoxy) is 1. The molecular weight excluding hydrogens is 300 g/mol. The second kappa shape index (κ2) is 6.74. The van der Waals surface area contributed by atoms with Gasteiger partial charge in [-0.1, -0.05) is 12.1 Å². The molecule has 1 aromatic heterocycles. The quantitative estimate of drug-likeness (QED) is 0.660. The minimum atomic E-state index is -1.71. The molecule has 7 heteroatoms. The molecule has 1 aromatic carbocycles. The fourth-order valence-corrected chi connectivity index (χ4v) is 1.74. The van der Waals surface area contributed by atoms with Gasteiger partial charge in [0.15, 0.2) is 0 Å². The molecule has 0 saturated heterocycles. The molecule has 3 nitrogen and oxygen atoms in total. The number of hydrogen-bond donors (Lipinski definition) is 1. The number of nitrogens with one attached hydrogen (secondary N) is 1. The van der Waals surface area contributed by atoms with Crippen molar-refractivity contribution in [2.75, 3.05) is 5.32 Å². The van der Waals surface area contributed by atoms with E-state index < -0.39 is 29.2 Å². The number of anilines is 2. The van der Waals surface area contributed by atoms with E-state index in [4.69, 9.17) is 4.74 Å². The van der Waals surface area contributed by atoms with Crippen molar-refractivity contribution in [3.63, 3.8) is 0 Å². The molecule has 0 spiro atoms. The lowest BCUT2D eigenvalue weighted by Crippen LogP contribution is -2.06. The third-order valence-electron chi connectivity index (χ3n) is 2.78. The minimum Gasteiger partial charge on any atom is -0.374 e. The van der Waals surface area contributed by atoms with Crippen LogP contribution < -0.4 is 5.32 Å². The van der Waals surface area contributed by atoms with Gasteiger partial charge in [-0.2, -0.15) is 22.5 Å². The maximum atomic E-state index is 13.6. The Hall–Kier alpha value is -2.15. The van der Waals surface area contributed by atoms with Gasteiger partial charge in [-0.15, -0.1) is 0 Å². The van der Waals surface area contributed by atoms with Crippen LogP contribution in [0.3, 0.4) is 0 Å². The molecule has 0 radical (unpaired) electrons. The van der Waals surface area contributed by atoms with E-state index in [-0.39, 0.29) is 11.8 Å². The Morgan fingerprint density at radius 2 is 1.73 bits per heavy atom. The fraction of sp³-hybridized carbons (Fsp3) is 0.267. The topological polar surface area (TPSA) is 34.1 Å². The number of pyridine rings is 1. The van der Waals surface area contributed by atoms with Gasteiger partial charge in [-0.25, -0.2) is 0 Å². The summed E-state index contributed by atoms with van der Waals surface area (Å²) in [6.45, 7) is 4.04. The molecule has 2 rings (SSSR count). The first-order valence-electron chi connectivity index (χ1n) is 6.56. The summed E-state index contributed by atoms with van der Waals surface area (Å²) >= 11 is 0. The van der Waals surface area contributed by atoms with Gasteiger partial charge >= 0.3 is 0 Å². The van der Waals surface area contributed by atoms with Crippen molar-refractivity contribution in [2.24, 2.45) is 0 Å². The van der Waals surface area contributed by atoms with Gasteiger partial charge in [0.25, 0.3) is 11.9 Å². The Kier molecular flexibility index (Phi) is 4.97. The average Bonchev–Trinajstić information content (AvgIpc) is 2.48. The average molecular weight is 314 g/mol. The highest BCUT2D eigenvalue weighted by atomic mass is 19.2. The van der Waals surface area contributed by atoms with Crippen LogP contribution in [-0.4, -0.2) is 11.1 Å². The van der Waals surface area contributed by atoms with Crippen LogP contribution in [0.4, 0.5) is 28.9 Å². The molecular formula is C15H14F4N2O. The Balaban J connectivity index is 2.26. The van der Waals surface area contributed by atoms with Gasteiger partial charge in [0, 0.05) is 5.69 Å². The van der Waals surface area contributed by atoms with Crippen LogP contribution in [0.2, 0.25) is 0 Å². The monoisotopic (exact) mass is 314 g/mol. The highest BCUT2D eigenvalue weighted by Crippen LogP contribution is 2.26. The lowest BCUT2D eigenvalue weighted by atomic mass is 10.2. The molecule has 0 bridgehead atoms. The summed E-state index contributed by atoms with van der Waals surface area (Å²) in [4.78, 5) is 2.50. The van der Waals surface area contributed by atoms with E-state index in [1.807, 2.05) is 13.8 Å². The molecule has 2 aromatic rings. The van der Waals surface area contributed by atoms with Crippen molar-refractivity contribution in [3.05, 3.63) is 53.4 Å². The minimum absolute atomic E-state index is 0.0230. The summed E-state index contributed by atoms with van der Waals surface area (Å²) in [6.07, 6.45) is 0.0230. The van der Waals surface area contributed by atoms with Crippen LogP contribution in [-0.2, 0) is 11.3 Å². The third-order valence-corrected chi connectivity index (χ3v) is 2.78. The number of hydrogen-bond acceptors (Lipinski definition) is 3. The molecule has 0 fully saturated rings. The lowest BCUT2D eigenvalue weighted by Gasteiger charge is -2.12. The zero-order valence-corrected chi connectivity index (χ0v) is 12.0. The summed E-state index contributed by atoms with van der Waals surface area (Å²) in [5.41, 5.74) is 0.0918.